The predicted octanol–water partition coefficient (Wildman–Crippen LogP) is 3.37. The summed E-state index contributed by atoms with van der Waals surface area (Å²) in [5, 5.41) is 2.85. The molecule has 1 N–H and O–H groups in total. The number of rotatable bonds is 4. The molecule has 1 heterocycles. The van der Waals surface area contributed by atoms with E-state index >= 15 is 0 Å². The monoisotopic (exact) mass is 364 g/mol. The van der Waals surface area contributed by atoms with Crippen LogP contribution in [-0.4, -0.2) is 10.5 Å². The second-order valence-corrected chi connectivity index (χ2v) is 6.73. The lowest BCUT2D eigenvalue weighted by atomic mass is 9.71. The molecule has 2 aromatic rings. The molecule has 3 rings (SSSR count). The Hall–Kier alpha value is -2.57. The van der Waals surface area contributed by atoms with Crippen LogP contribution in [0.3, 0.4) is 0 Å². The first-order chi connectivity index (χ1) is 12.2. The van der Waals surface area contributed by atoms with Crippen molar-refractivity contribution in [2.24, 2.45) is 0 Å². The van der Waals surface area contributed by atoms with Gasteiger partial charge >= 0.3 is 6.18 Å². The molecule has 138 valence electrons. The number of halogens is 3. The van der Waals surface area contributed by atoms with Crippen LogP contribution in [0, 0.1) is 6.92 Å². The molecule has 7 heteroatoms. The summed E-state index contributed by atoms with van der Waals surface area (Å²) >= 11 is 0. The fourth-order valence-electron chi connectivity index (χ4n) is 3.21. The van der Waals surface area contributed by atoms with Crippen LogP contribution in [0.2, 0.25) is 0 Å². The summed E-state index contributed by atoms with van der Waals surface area (Å²) < 4.78 is 40.2. The van der Waals surface area contributed by atoms with Gasteiger partial charge in [-0.05, 0) is 55.5 Å². The van der Waals surface area contributed by atoms with Crippen molar-refractivity contribution in [2.75, 3.05) is 0 Å². The number of carbonyl (C=O) groups excluding carboxylic acids is 1. The van der Waals surface area contributed by atoms with Gasteiger partial charge in [0.05, 0.1) is 11.1 Å². The molecular formula is C19H19F3N2O2. The number of pyridine rings is 1. The van der Waals surface area contributed by atoms with Crippen LogP contribution in [0.25, 0.3) is 0 Å². The normalized spacial score (nSPS) is 16.0. The van der Waals surface area contributed by atoms with Gasteiger partial charge in [-0.15, -0.1) is 0 Å². The SMILES string of the molecule is Cc1ccn(CC(=O)NC2(c3cccc(C(F)(F)F)c3)CCC2)c(=O)c1. The van der Waals surface area contributed by atoms with Crippen molar-refractivity contribution in [2.45, 2.75) is 44.4 Å². The summed E-state index contributed by atoms with van der Waals surface area (Å²) in [6.45, 7) is 1.61. The van der Waals surface area contributed by atoms with Gasteiger partial charge in [0.15, 0.2) is 0 Å². The maximum absolute atomic E-state index is 13.0. The quantitative estimate of drug-likeness (QED) is 0.904. The zero-order valence-electron chi connectivity index (χ0n) is 14.3. The molecule has 0 aliphatic heterocycles. The Labute approximate surface area is 148 Å². The third kappa shape index (κ3) is 3.66. The minimum Gasteiger partial charge on any atom is -0.345 e. The highest BCUT2D eigenvalue weighted by Gasteiger charge is 2.41. The van der Waals surface area contributed by atoms with E-state index in [0.717, 1.165) is 24.1 Å². The molecule has 1 fully saturated rings. The predicted molar refractivity (Wildman–Crippen MR) is 90.6 cm³/mol. The number of nitrogens with one attached hydrogen (secondary N) is 1. The van der Waals surface area contributed by atoms with Gasteiger partial charge in [-0.2, -0.15) is 13.2 Å². The Morgan fingerprint density at radius 2 is 1.96 bits per heavy atom. The summed E-state index contributed by atoms with van der Waals surface area (Å²) in [5.41, 5.74) is -0.575. The van der Waals surface area contributed by atoms with Gasteiger partial charge in [0.25, 0.3) is 5.56 Å². The molecular weight excluding hydrogens is 345 g/mol. The molecule has 0 unspecified atom stereocenters. The van der Waals surface area contributed by atoms with Crippen molar-refractivity contribution in [3.8, 4) is 0 Å². The Morgan fingerprint density at radius 1 is 1.23 bits per heavy atom. The summed E-state index contributed by atoms with van der Waals surface area (Å²) in [5.74, 6) is -0.395. The first kappa shape index (κ1) is 18.2. The fourth-order valence-corrected chi connectivity index (χ4v) is 3.21. The number of amides is 1. The maximum Gasteiger partial charge on any atom is 0.416 e. The highest BCUT2D eigenvalue weighted by Crippen LogP contribution is 2.42. The first-order valence-corrected chi connectivity index (χ1v) is 8.35. The number of benzene rings is 1. The van der Waals surface area contributed by atoms with E-state index in [-0.39, 0.29) is 12.1 Å². The minimum absolute atomic E-state index is 0.167. The zero-order valence-corrected chi connectivity index (χ0v) is 14.3. The van der Waals surface area contributed by atoms with Crippen LogP contribution in [0.1, 0.15) is 36.0 Å². The summed E-state index contributed by atoms with van der Waals surface area (Å²) in [6, 6.07) is 8.22. The van der Waals surface area contributed by atoms with Crippen LogP contribution in [0.5, 0.6) is 0 Å². The lowest BCUT2D eigenvalue weighted by molar-refractivity contribution is -0.137. The van der Waals surface area contributed by atoms with E-state index in [4.69, 9.17) is 0 Å². The van der Waals surface area contributed by atoms with Crippen LogP contribution in [0.4, 0.5) is 13.2 Å². The molecule has 0 saturated heterocycles. The number of carbonyl (C=O) groups is 1. The first-order valence-electron chi connectivity index (χ1n) is 8.35. The van der Waals surface area contributed by atoms with Gasteiger partial charge in [0.2, 0.25) is 5.91 Å². The number of aryl methyl sites for hydroxylation is 1. The van der Waals surface area contributed by atoms with Crippen molar-refractivity contribution in [3.05, 3.63) is 69.6 Å². The van der Waals surface area contributed by atoms with E-state index in [1.165, 1.54) is 22.9 Å². The molecule has 0 spiro atoms. The molecule has 4 nitrogen and oxygen atoms in total. The van der Waals surface area contributed by atoms with Crippen molar-refractivity contribution in [1.29, 1.82) is 0 Å². The van der Waals surface area contributed by atoms with E-state index in [9.17, 15) is 22.8 Å². The lowest BCUT2D eigenvalue weighted by Crippen LogP contribution is -2.52. The standard InChI is InChI=1S/C19H19F3N2O2/c1-13-6-9-24(17(26)10-13)12-16(25)23-18(7-3-8-18)14-4-2-5-15(11-14)19(20,21)22/h2,4-6,9-11H,3,7-8,12H2,1H3,(H,23,25). The Kier molecular flexibility index (Phi) is 4.64. The summed E-state index contributed by atoms with van der Waals surface area (Å²) in [6.07, 6.45) is -0.929. The Morgan fingerprint density at radius 3 is 2.54 bits per heavy atom. The average Bonchev–Trinajstić information content (AvgIpc) is 2.53. The molecule has 1 aliphatic carbocycles. The van der Waals surface area contributed by atoms with Gasteiger partial charge in [0, 0.05) is 12.3 Å². The Bertz CT molecular complexity index is 883. The molecule has 1 amide bonds. The van der Waals surface area contributed by atoms with E-state index in [1.807, 2.05) is 0 Å². The molecule has 0 atom stereocenters. The third-order valence-corrected chi connectivity index (χ3v) is 4.79. The third-order valence-electron chi connectivity index (χ3n) is 4.79. The molecule has 1 aromatic heterocycles. The number of alkyl halides is 3. The molecule has 26 heavy (non-hydrogen) atoms. The molecule has 1 aromatic carbocycles. The fraction of sp³-hybridized carbons (Fsp3) is 0.368. The minimum atomic E-state index is -4.43. The largest absolute Gasteiger partial charge is 0.416 e. The Balaban J connectivity index is 1.80. The number of hydrogen-bond acceptors (Lipinski definition) is 2. The molecule has 1 aliphatic rings. The van der Waals surface area contributed by atoms with E-state index in [2.05, 4.69) is 5.32 Å². The van der Waals surface area contributed by atoms with Crippen molar-refractivity contribution < 1.29 is 18.0 Å². The second-order valence-electron chi connectivity index (χ2n) is 6.73. The van der Waals surface area contributed by atoms with Crippen LogP contribution < -0.4 is 10.9 Å². The van der Waals surface area contributed by atoms with Gasteiger partial charge in [-0.25, -0.2) is 0 Å². The van der Waals surface area contributed by atoms with Crippen LogP contribution in [-0.2, 0) is 23.1 Å². The zero-order chi connectivity index (χ0) is 18.9. The number of nitrogens with zero attached hydrogens (tertiary/aromatic N) is 1. The lowest BCUT2D eigenvalue weighted by Gasteiger charge is -2.43. The van der Waals surface area contributed by atoms with Crippen molar-refractivity contribution in [3.63, 3.8) is 0 Å². The van der Waals surface area contributed by atoms with Gasteiger partial charge < -0.3 is 9.88 Å². The van der Waals surface area contributed by atoms with Gasteiger partial charge in [-0.3, -0.25) is 9.59 Å². The van der Waals surface area contributed by atoms with E-state index in [1.54, 1.807) is 19.1 Å². The number of hydrogen-bond donors (Lipinski definition) is 1. The molecule has 1 saturated carbocycles. The van der Waals surface area contributed by atoms with Crippen molar-refractivity contribution in [1.82, 2.24) is 9.88 Å². The van der Waals surface area contributed by atoms with E-state index < -0.39 is 23.2 Å². The van der Waals surface area contributed by atoms with Gasteiger partial charge in [-0.1, -0.05) is 12.1 Å². The molecule has 0 bridgehead atoms. The van der Waals surface area contributed by atoms with Crippen molar-refractivity contribution >= 4 is 5.91 Å². The summed E-state index contributed by atoms with van der Waals surface area (Å²) in [7, 11) is 0. The smallest absolute Gasteiger partial charge is 0.345 e. The maximum atomic E-state index is 13.0. The van der Waals surface area contributed by atoms with Crippen LogP contribution >= 0.6 is 0 Å². The molecule has 0 radical (unpaired) electrons. The highest BCUT2D eigenvalue weighted by atomic mass is 19.4. The van der Waals surface area contributed by atoms with Crippen LogP contribution in [0.15, 0.2) is 47.4 Å². The van der Waals surface area contributed by atoms with Gasteiger partial charge in [0.1, 0.15) is 6.54 Å². The highest BCUT2D eigenvalue weighted by molar-refractivity contribution is 5.77. The number of aromatic nitrogens is 1. The average molecular weight is 364 g/mol. The summed E-state index contributed by atoms with van der Waals surface area (Å²) in [4.78, 5) is 24.3. The van der Waals surface area contributed by atoms with E-state index in [0.29, 0.717) is 18.4 Å². The topological polar surface area (TPSA) is 51.1 Å². The second kappa shape index (κ2) is 6.63.